The lowest BCUT2D eigenvalue weighted by Crippen LogP contribution is -2.26. The Morgan fingerprint density at radius 3 is 2.71 bits per heavy atom. The van der Waals surface area contributed by atoms with Gasteiger partial charge in [0.2, 0.25) is 0 Å². The number of aliphatic hydroxyl groups is 1. The normalized spacial score (nSPS) is 32.0. The molecule has 0 aromatic carbocycles. The van der Waals surface area contributed by atoms with Gasteiger partial charge in [-0.15, -0.1) is 0 Å². The van der Waals surface area contributed by atoms with E-state index in [0.29, 0.717) is 12.5 Å². The van der Waals surface area contributed by atoms with Crippen molar-refractivity contribution in [3.05, 3.63) is 30.1 Å². The van der Waals surface area contributed by atoms with Crippen molar-refractivity contribution in [3.63, 3.8) is 0 Å². The number of aromatic nitrogens is 1. The zero-order valence-electron chi connectivity index (χ0n) is 8.13. The summed E-state index contributed by atoms with van der Waals surface area (Å²) in [5, 5.41) is 9.73. The second-order valence-corrected chi connectivity index (χ2v) is 3.93. The summed E-state index contributed by atoms with van der Waals surface area (Å²) in [6.07, 6.45) is 5.28. The lowest BCUT2D eigenvalue weighted by molar-refractivity contribution is 0.131. The molecule has 3 atom stereocenters. The van der Waals surface area contributed by atoms with Crippen molar-refractivity contribution < 1.29 is 5.11 Å². The third-order valence-electron chi connectivity index (χ3n) is 3.19. The molecule has 3 unspecified atom stereocenters. The van der Waals surface area contributed by atoms with Gasteiger partial charge in [0, 0.05) is 18.3 Å². The van der Waals surface area contributed by atoms with Crippen molar-refractivity contribution in [1.82, 2.24) is 4.98 Å². The highest BCUT2D eigenvalue weighted by atomic mass is 16.3. The molecule has 1 aromatic rings. The highest BCUT2D eigenvalue weighted by Crippen LogP contribution is 2.38. The molecule has 3 heteroatoms. The smallest absolute Gasteiger partial charge is 0.0586 e. The summed E-state index contributed by atoms with van der Waals surface area (Å²) in [6, 6.07) is 4.04. The molecule has 1 heterocycles. The van der Waals surface area contributed by atoms with Crippen molar-refractivity contribution >= 4 is 0 Å². The van der Waals surface area contributed by atoms with Crippen LogP contribution in [-0.2, 0) is 0 Å². The number of aliphatic hydroxyl groups excluding tert-OH is 1. The van der Waals surface area contributed by atoms with E-state index in [2.05, 4.69) is 4.98 Å². The summed E-state index contributed by atoms with van der Waals surface area (Å²) in [5.74, 6) is 0.635. The predicted octanol–water partition coefficient (Wildman–Crippen LogP) is 0.895. The summed E-state index contributed by atoms with van der Waals surface area (Å²) in [7, 11) is 0. The molecule has 1 aliphatic carbocycles. The maximum Gasteiger partial charge on any atom is 0.0586 e. The Morgan fingerprint density at radius 2 is 2.07 bits per heavy atom. The van der Waals surface area contributed by atoms with Gasteiger partial charge in [0.05, 0.1) is 6.10 Å². The van der Waals surface area contributed by atoms with Crippen LogP contribution in [0.1, 0.15) is 24.3 Å². The fraction of sp³-hybridized carbons (Fsp3) is 0.545. The van der Waals surface area contributed by atoms with Gasteiger partial charge in [-0.1, -0.05) is 0 Å². The molecular formula is C11H16N2O. The largest absolute Gasteiger partial charge is 0.393 e. The van der Waals surface area contributed by atoms with Crippen molar-refractivity contribution in [2.45, 2.75) is 24.9 Å². The van der Waals surface area contributed by atoms with E-state index in [1.807, 2.05) is 12.1 Å². The van der Waals surface area contributed by atoms with Crippen LogP contribution in [0.25, 0.3) is 0 Å². The first-order valence-electron chi connectivity index (χ1n) is 5.11. The molecule has 3 nitrogen and oxygen atoms in total. The van der Waals surface area contributed by atoms with Gasteiger partial charge in [-0.05, 0) is 43.0 Å². The molecule has 2 rings (SSSR count). The van der Waals surface area contributed by atoms with E-state index in [4.69, 9.17) is 5.73 Å². The molecule has 0 amide bonds. The van der Waals surface area contributed by atoms with Crippen molar-refractivity contribution in [3.8, 4) is 0 Å². The Morgan fingerprint density at radius 1 is 1.36 bits per heavy atom. The Bertz CT molecular complexity index is 289. The lowest BCUT2D eigenvalue weighted by atomic mass is 9.89. The molecule has 3 N–H and O–H groups in total. The fourth-order valence-electron chi connectivity index (χ4n) is 2.39. The summed E-state index contributed by atoms with van der Waals surface area (Å²) in [5.41, 5.74) is 6.93. The number of hydrogen-bond donors (Lipinski definition) is 2. The molecular weight excluding hydrogens is 176 g/mol. The maximum atomic E-state index is 9.73. The maximum absolute atomic E-state index is 9.73. The first-order chi connectivity index (χ1) is 6.83. The first kappa shape index (κ1) is 9.62. The van der Waals surface area contributed by atoms with Crippen LogP contribution in [0.2, 0.25) is 0 Å². The van der Waals surface area contributed by atoms with Gasteiger partial charge in [0.15, 0.2) is 0 Å². The molecule has 1 aliphatic rings. The van der Waals surface area contributed by atoms with Crippen LogP contribution < -0.4 is 5.73 Å². The summed E-state index contributed by atoms with van der Waals surface area (Å²) in [6.45, 7) is 0.564. The van der Waals surface area contributed by atoms with E-state index in [1.165, 1.54) is 5.56 Å². The summed E-state index contributed by atoms with van der Waals surface area (Å²) >= 11 is 0. The number of nitrogens with zero attached hydrogens (tertiary/aromatic N) is 1. The lowest BCUT2D eigenvalue weighted by Gasteiger charge is -2.20. The van der Waals surface area contributed by atoms with Crippen LogP contribution >= 0.6 is 0 Å². The Kier molecular flexibility index (Phi) is 2.79. The first-order valence-corrected chi connectivity index (χ1v) is 5.11. The summed E-state index contributed by atoms with van der Waals surface area (Å²) < 4.78 is 0. The molecule has 0 saturated heterocycles. The average Bonchev–Trinajstić information content (AvgIpc) is 2.61. The van der Waals surface area contributed by atoms with E-state index in [-0.39, 0.29) is 12.0 Å². The predicted molar refractivity (Wildman–Crippen MR) is 54.8 cm³/mol. The minimum atomic E-state index is -0.224. The SMILES string of the molecule is NCC1C(O)CCC1c1ccncc1. The zero-order valence-corrected chi connectivity index (χ0v) is 8.13. The van der Waals surface area contributed by atoms with Crippen molar-refractivity contribution in [1.29, 1.82) is 0 Å². The Balaban J connectivity index is 2.19. The fourth-order valence-corrected chi connectivity index (χ4v) is 2.39. The number of nitrogens with two attached hydrogens (primary N) is 1. The highest BCUT2D eigenvalue weighted by molar-refractivity contribution is 5.19. The second kappa shape index (κ2) is 4.07. The summed E-state index contributed by atoms with van der Waals surface area (Å²) in [4.78, 5) is 3.99. The Hall–Kier alpha value is -0.930. The van der Waals surface area contributed by atoms with Gasteiger partial charge in [0.1, 0.15) is 0 Å². The highest BCUT2D eigenvalue weighted by Gasteiger charge is 2.34. The minimum absolute atomic E-state index is 0.220. The van der Waals surface area contributed by atoms with E-state index < -0.39 is 0 Å². The minimum Gasteiger partial charge on any atom is -0.393 e. The van der Waals surface area contributed by atoms with Gasteiger partial charge < -0.3 is 10.8 Å². The molecule has 76 valence electrons. The van der Waals surface area contributed by atoms with Gasteiger partial charge in [-0.3, -0.25) is 4.98 Å². The standard InChI is InChI=1S/C11H16N2O/c12-7-10-9(1-2-11(10)14)8-3-5-13-6-4-8/h3-6,9-11,14H,1-2,7,12H2. The average molecular weight is 192 g/mol. The second-order valence-electron chi connectivity index (χ2n) is 3.93. The van der Waals surface area contributed by atoms with Crippen LogP contribution in [0.3, 0.4) is 0 Å². The quantitative estimate of drug-likeness (QED) is 0.731. The van der Waals surface area contributed by atoms with Crippen molar-refractivity contribution in [2.75, 3.05) is 6.54 Å². The van der Waals surface area contributed by atoms with Gasteiger partial charge in [-0.2, -0.15) is 0 Å². The number of rotatable bonds is 2. The van der Waals surface area contributed by atoms with Gasteiger partial charge in [-0.25, -0.2) is 0 Å². The van der Waals surface area contributed by atoms with E-state index in [0.717, 1.165) is 12.8 Å². The van der Waals surface area contributed by atoms with Crippen LogP contribution in [0, 0.1) is 5.92 Å². The molecule has 0 radical (unpaired) electrons. The number of hydrogen-bond acceptors (Lipinski definition) is 3. The van der Waals surface area contributed by atoms with E-state index in [1.54, 1.807) is 12.4 Å². The van der Waals surface area contributed by atoms with Gasteiger partial charge in [0.25, 0.3) is 0 Å². The molecule has 0 bridgehead atoms. The molecule has 14 heavy (non-hydrogen) atoms. The van der Waals surface area contributed by atoms with E-state index >= 15 is 0 Å². The zero-order chi connectivity index (χ0) is 9.97. The molecule has 0 aliphatic heterocycles. The number of pyridine rings is 1. The molecule has 1 aromatic heterocycles. The third-order valence-corrected chi connectivity index (χ3v) is 3.19. The topological polar surface area (TPSA) is 59.1 Å². The molecule has 0 spiro atoms. The van der Waals surface area contributed by atoms with Gasteiger partial charge >= 0.3 is 0 Å². The molecule has 1 fully saturated rings. The van der Waals surface area contributed by atoms with Crippen molar-refractivity contribution in [2.24, 2.45) is 11.7 Å². The monoisotopic (exact) mass is 192 g/mol. The Labute approximate surface area is 84.0 Å². The van der Waals surface area contributed by atoms with Crippen LogP contribution in [0.15, 0.2) is 24.5 Å². The van der Waals surface area contributed by atoms with Crippen LogP contribution in [0.4, 0.5) is 0 Å². The third kappa shape index (κ3) is 1.65. The van der Waals surface area contributed by atoms with Crippen LogP contribution in [-0.4, -0.2) is 22.7 Å². The van der Waals surface area contributed by atoms with Crippen LogP contribution in [0.5, 0.6) is 0 Å². The van der Waals surface area contributed by atoms with E-state index in [9.17, 15) is 5.11 Å². The molecule has 1 saturated carbocycles.